The molecule has 98 valence electrons. The third kappa shape index (κ3) is 11.2. The molecule has 0 bridgehead atoms. The van der Waals surface area contributed by atoms with Crippen molar-refractivity contribution in [2.24, 2.45) is 5.92 Å². The summed E-state index contributed by atoms with van der Waals surface area (Å²) < 4.78 is 0. The summed E-state index contributed by atoms with van der Waals surface area (Å²) in [5.41, 5.74) is 0. The average Bonchev–Trinajstić information content (AvgIpc) is 2.31. The maximum atomic E-state index is 10.5. The van der Waals surface area contributed by atoms with Gasteiger partial charge in [0.25, 0.3) is 0 Å². The molecule has 1 N–H and O–H groups in total. The van der Waals surface area contributed by atoms with Crippen molar-refractivity contribution in [3.63, 3.8) is 0 Å². The summed E-state index contributed by atoms with van der Waals surface area (Å²) in [6, 6.07) is 0. The lowest BCUT2D eigenvalue weighted by Gasteiger charge is -1.97. The van der Waals surface area contributed by atoms with Gasteiger partial charge >= 0.3 is 5.97 Å². The molecule has 1 atom stereocenters. The van der Waals surface area contributed by atoms with Crippen LogP contribution in [0, 0.1) is 5.92 Å². The number of allylic oxidation sites excluding steroid dienone is 3. The molecule has 0 aliphatic carbocycles. The highest BCUT2D eigenvalue weighted by molar-refractivity contribution is 5.71. The van der Waals surface area contributed by atoms with Gasteiger partial charge in [-0.25, -0.2) is 0 Å². The molecule has 0 aromatic carbocycles. The van der Waals surface area contributed by atoms with E-state index in [2.05, 4.69) is 13.0 Å². The maximum Gasteiger partial charge on any atom is 0.310 e. The summed E-state index contributed by atoms with van der Waals surface area (Å²) >= 11 is 0. The van der Waals surface area contributed by atoms with Crippen LogP contribution in [0.5, 0.6) is 0 Å². The third-order valence-electron chi connectivity index (χ3n) is 2.76. The number of hydrogen-bond acceptors (Lipinski definition) is 1. The van der Waals surface area contributed by atoms with Gasteiger partial charge in [0.15, 0.2) is 0 Å². The fourth-order valence-electron chi connectivity index (χ4n) is 1.53. The van der Waals surface area contributed by atoms with Crippen LogP contribution < -0.4 is 0 Å². The highest BCUT2D eigenvalue weighted by Gasteiger charge is 2.03. The molecule has 0 radical (unpaired) electrons. The van der Waals surface area contributed by atoms with Gasteiger partial charge in [0.05, 0.1) is 5.92 Å². The van der Waals surface area contributed by atoms with E-state index in [1.54, 1.807) is 13.0 Å². The molecule has 2 nitrogen and oxygen atoms in total. The van der Waals surface area contributed by atoms with E-state index in [-0.39, 0.29) is 0 Å². The summed E-state index contributed by atoms with van der Waals surface area (Å²) in [4.78, 5) is 10.5. The Balaban J connectivity index is 3.39. The molecule has 2 heteroatoms. The zero-order valence-electron chi connectivity index (χ0n) is 11.2. The van der Waals surface area contributed by atoms with Crippen LogP contribution >= 0.6 is 0 Å². The van der Waals surface area contributed by atoms with Gasteiger partial charge < -0.3 is 5.11 Å². The first-order chi connectivity index (χ1) is 8.18. The Morgan fingerprint density at radius 2 is 1.76 bits per heavy atom. The minimum atomic E-state index is -0.773. The fraction of sp³-hybridized carbons (Fsp3) is 0.667. The van der Waals surface area contributed by atoms with Gasteiger partial charge in [0, 0.05) is 0 Å². The second-order valence-electron chi connectivity index (χ2n) is 4.50. The average molecular weight is 238 g/mol. The van der Waals surface area contributed by atoms with Crippen LogP contribution in [0.2, 0.25) is 0 Å². The van der Waals surface area contributed by atoms with Crippen molar-refractivity contribution < 1.29 is 9.90 Å². The summed E-state index contributed by atoms with van der Waals surface area (Å²) in [5.74, 6) is -1.17. The van der Waals surface area contributed by atoms with E-state index in [1.807, 2.05) is 12.2 Å². The van der Waals surface area contributed by atoms with Crippen LogP contribution in [0.1, 0.15) is 58.8 Å². The summed E-state index contributed by atoms with van der Waals surface area (Å²) in [7, 11) is 0. The summed E-state index contributed by atoms with van der Waals surface area (Å²) in [5, 5.41) is 8.65. The van der Waals surface area contributed by atoms with Crippen molar-refractivity contribution >= 4 is 5.97 Å². The lowest BCUT2D eigenvalue weighted by molar-refractivity contribution is -0.139. The van der Waals surface area contributed by atoms with E-state index in [1.165, 1.54) is 38.5 Å². The van der Waals surface area contributed by atoms with Gasteiger partial charge in [-0.3, -0.25) is 4.79 Å². The van der Waals surface area contributed by atoms with Crippen LogP contribution in [-0.4, -0.2) is 11.1 Å². The maximum absolute atomic E-state index is 10.5. The third-order valence-corrected chi connectivity index (χ3v) is 2.76. The molecule has 0 amide bonds. The molecule has 0 spiro atoms. The Morgan fingerprint density at radius 1 is 1.12 bits per heavy atom. The predicted molar refractivity (Wildman–Crippen MR) is 73.1 cm³/mol. The first-order valence-electron chi connectivity index (χ1n) is 6.74. The topological polar surface area (TPSA) is 37.3 Å². The van der Waals surface area contributed by atoms with Crippen molar-refractivity contribution in [3.05, 3.63) is 24.3 Å². The second kappa shape index (κ2) is 11.4. The molecule has 17 heavy (non-hydrogen) atoms. The molecule has 0 saturated heterocycles. The highest BCUT2D eigenvalue weighted by Crippen LogP contribution is 2.07. The molecule has 0 fully saturated rings. The number of carbonyl (C=O) groups is 1. The monoisotopic (exact) mass is 238 g/mol. The lowest BCUT2D eigenvalue weighted by atomic mass is 10.1. The van der Waals surface area contributed by atoms with E-state index >= 15 is 0 Å². The van der Waals surface area contributed by atoms with Crippen molar-refractivity contribution in [1.82, 2.24) is 0 Å². The summed E-state index contributed by atoms with van der Waals surface area (Å²) in [6.07, 6.45) is 16.6. The highest BCUT2D eigenvalue weighted by atomic mass is 16.4. The zero-order chi connectivity index (χ0) is 12.9. The number of hydrogen-bond donors (Lipinski definition) is 1. The molecule has 0 aromatic heterocycles. The van der Waals surface area contributed by atoms with E-state index in [0.29, 0.717) is 0 Å². The minimum absolute atomic E-state index is 0.395. The number of rotatable bonds is 10. The molecule has 0 aliphatic heterocycles. The van der Waals surface area contributed by atoms with Gasteiger partial charge in [0.2, 0.25) is 0 Å². The van der Waals surface area contributed by atoms with Crippen LogP contribution in [0.3, 0.4) is 0 Å². The normalized spacial score (nSPS) is 13.5. The smallest absolute Gasteiger partial charge is 0.310 e. The Kier molecular flexibility index (Phi) is 10.7. The van der Waals surface area contributed by atoms with E-state index in [4.69, 9.17) is 5.11 Å². The Morgan fingerprint density at radius 3 is 2.41 bits per heavy atom. The molecule has 0 saturated carbocycles. The van der Waals surface area contributed by atoms with Gasteiger partial charge in [-0.1, -0.05) is 63.3 Å². The van der Waals surface area contributed by atoms with E-state index < -0.39 is 11.9 Å². The van der Waals surface area contributed by atoms with Crippen molar-refractivity contribution in [2.45, 2.75) is 58.8 Å². The Hall–Kier alpha value is -1.05. The van der Waals surface area contributed by atoms with E-state index in [0.717, 1.165) is 6.42 Å². The van der Waals surface area contributed by atoms with Gasteiger partial charge in [-0.2, -0.15) is 0 Å². The molecule has 0 heterocycles. The molecular weight excluding hydrogens is 212 g/mol. The standard InChI is InChI=1S/C15H26O2/c1-3-4-5-6-7-8-9-10-11-12-13-14(2)15(16)17/h10-14H,3-9H2,1-2H3,(H,16,17)/b11-10+,13-12+/t14-/m1/s1. The van der Waals surface area contributed by atoms with Crippen molar-refractivity contribution in [1.29, 1.82) is 0 Å². The molecular formula is C15H26O2. The van der Waals surface area contributed by atoms with Crippen LogP contribution in [0.4, 0.5) is 0 Å². The SMILES string of the molecule is CCCCCCCC/C=C/C=C/[C@@H](C)C(=O)O. The van der Waals surface area contributed by atoms with Crippen LogP contribution in [0.15, 0.2) is 24.3 Å². The Bertz CT molecular complexity index is 241. The van der Waals surface area contributed by atoms with Gasteiger partial charge in [-0.15, -0.1) is 0 Å². The molecule has 0 rings (SSSR count). The van der Waals surface area contributed by atoms with Gasteiger partial charge in [0.1, 0.15) is 0 Å². The fourth-order valence-corrected chi connectivity index (χ4v) is 1.53. The van der Waals surface area contributed by atoms with Crippen molar-refractivity contribution in [3.8, 4) is 0 Å². The summed E-state index contributed by atoms with van der Waals surface area (Å²) in [6.45, 7) is 3.91. The second-order valence-corrected chi connectivity index (χ2v) is 4.50. The molecule has 0 aliphatic rings. The first kappa shape index (κ1) is 16.0. The van der Waals surface area contributed by atoms with Crippen LogP contribution in [0.25, 0.3) is 0 Å². The molecule has 0 aromatic rings. The van der Waals surface area contributed by atoms with Gasteiger partial charge in [-0.05, 0) is 19.8 Å². The number of aliphatic carboxylic acids is 1. The quantitative estimate of drug-likeness (QED) is 0.447. The van der Waals surface area contributed by atoms with Crippen molar-refractivity contribution in [2.75, 3.05) is 0 Å². The Labute approximate surface area is 105 Å². The minimum Gasteiger partial charge on any atom is -0.481 e. The largest absolute Gasteiger partial charge is 0.481 e. The van der Waals surface area contributed by atoms with E-state index in [9.17, 15) is 4.79 Å². The zero-order valence-corrected chi connectivity index (χ0v) is 11.2. The lowest BCUT2D eigenvalue weighted by Crippen LogP contribution is -2.05. The number of carboxylic acids is 1. The van der Waals surface area contributed by atoms with Crippen LogP contribution in [-0.2, 0) is 4.79 Å². The number of unbranched alkanes of at least 4 members (excludes halogenated alkanes) is 6. The first-order valence-corrected chi connectivity index (χ1v) is 6.74. The number of carboxylic acid groups (broad SMARTS) is 1. The molecule has 0 unspecified atom stereocenters. The predicted octanol–water partition coefficient (Wildman–Crippen LogP) is 4.57.